The van der Waals surface area contributed by atoms with Crippen molar-refractivity contribution >= 4 is 54.7 Å². The maximum Gasteiger partial charge on any atom is 0.224 e. The van der Waals surface area contributed by atoms with Crippen molar-refractivity contribution in [3.8, 4) is 0 Å². The van der Waals surface area contributed by atoms with Gasteiger partial charge in [-0.2, -0.15) is 0 Å². The summed E-state index contributed by atoms with van der Waals surface area (Å²) in [5, 5.41) is 5.27. The molecule has 3 nitrogen and oxygen atoms in total. The molecular formula is C24H15FN3+. The van der Waals surface area contributed by atoms with E-state index >= 15 is 0 Å². The topological polar surface area (TPSA) is 12.7 Å². The molecule has 0 radical (unpaired) electrons. The highest BCUT2D eigenvalue weighted by Gasteiger charge is 2.24. The highest BCUT2D eigenvalue weighted by atomic mass is 19.1. The molecule has 6 rings (SSSR count). The van der Waals surface area contributed by atoms with E-state index in [2.05, 4.69) is 46.0 Å². The molecule has 0 bridgehead atoms. The number of benzene rings is 3. The lowest BCUT2D eigenvalue weighted by Gasteiger charge is -2.13. The van der Waals surface area contributed by atoms with E-state index in [1.54, 1.807) is 6.07 Å². The van der Waals surface area contributed by atoms with Crippen LogP contribution in [0, 0.1) is 19.3 Å². The molecular weight excluding hydrogens is 349 g/mol. The summed E-state index contributed by atoms with van der Waals surface area (Å²) in [6.45, 7) is 9.66. The fraction of sp³-hybridized carbons (Fsp3) is 0.0833. The summed E-state index contributed by atoms with van der Waals surface area (Å²) in [5.41, 5.74) is 5.96. The second-order valence-electron chi connectivity index (χ2n) is 7.47. The molecule has 0 amide bonds. The number of halogens is 1. The normalized spacial score (nSPS) is 12.1. The molecule has 0 aliphatic carbocycles. The van der Waals surface area contributed by atoms with E-state index < -0.39 is 0 Å². The van der Waals surface area contributed by atoms with Gasteiger partial charge in [0, 0.05) is 16.8 Å². The monoisotopic (exact) mass is 364 g/mol. The number of fused-ring (bicyclic) bond motifs is 5. The maximum atomic E-state index is 14.1. The third-order valence-corrected chi connectivity index (χ3v) is 5.91. The Balaban J connectivity index is 2.13. The van der Waals surface area contributed by atoms with E-state index in [9.17, 15) is 4.39 Å². The molecule has 0 fully saturated rings. The summed E-state index contributed by atoms with van der Waals surface area (Å²) in [6, 6.07) is 15.1. The van der Waals surface area contributed by atoms with Gasteiger partial charge in [0.25, 0.3) is 0 Å². The zero-order valence-corrected chi connectivity index (χ0v) is 15.4. The van der Waals surface area contributed by atoms with Gasteiger partial charge in [-0.1, -0.05) is 12.1 Å². The van der Waals surface area contributed by atoms with Crippen LogP contribution in [0.25, 0.3) is 53.8 Å². The average Bonchev–Trinajstić information content (AvgIpc) is 3.02. The summed E-state index contributed by atoms with van der Waals surface area (Å²) < 4.78 is 18.4. The minimum absolute atomic E-state index is 0.240. The first-order chi connectivity index (χ1) is 13.6. The van der Waals surface area contributed by atoms with E-state index in [1.165, 1.54) is 17.0 Å². The lowest BCUT2D eigenvalue weighted by Crippen LogP contribution is -2.28. The van der Waals surface area contributed by atoms with Gasteiger partial charge < -0.3 is 4.40 Å². The molecule has 6 aromatic rings. The summed E-state index contributed by atoms with van der Waals surface area (Å²) in [6.07, 6.45) is 2.05. The molecule has 4 heteroatoms. The largest absolute Gasteiger partial charge is 0.309 e. The molecule has 0 aliphatic rings. The Kier molecular flexibility index (Phi) is 2.72. The molecule has 0 unspecified atom stereocenters. The fourth-order valence-electron chi connectivity index (χ4n) is 4.74. The molecule has 0 spiro atoms. The molecule has 0 atom stereocenters. The van der Waals surface area contributed by atoms with Gasteiger partial charge in [0.1, 0.15) is 12.9 Å². The van der Waals surface area contributed by atoms with Crippen molar-refractivity contribution in [1.82, 2.24) is 4.40 Å². The van der Waals surface area contributed by atoms with Gasteiger partial charge in [0.2, 0.25) is 5.52 Å². The first-order valence-electron chi connectivity index (χ1n) is 9.16. The molecule has 0 saturated heterocycles. The van der Waals surface area contributed by atoms with Gasteiger partial charge >= 0.3 is 0 Å². The lowest BCUT2D eigenvalue weighted by molar-refractivity contribution is -0.643. The maximum absolute atomic E-state index is 14.1. The van der Waals surface area contributed by atoms with E-state index in [0.717, 1.165) is 43.6 Å². The summed E-state index contributed by atoms with van der Waals surface area (Å²) in [4.78, 5) is 3.69. The third-order valence-electron chi connectivity index (χ3n) is 5.91. The second-order valence-corrected chi connectivity index (χ2v) is 7.47. The van der Waals surface area contributed by atoms with Crippen molar-refractivity contribution < 1.29 is 8.96 Å². The van der Waals surface area contributed by atoms with Crippen molar-refractivity contribution in [3.05, 3.63) is 77.5 Å². The average molecular weight is 364 g/mol. The highest BCUT2D eigenvalue weighted by molar-refractivity contribution is 6.26. The van der Waals surface area contributed by atoms with Gasteiger partial charge in [-0.3, -0.25) is 0 Å². The van der Waals surface area contributed by atoms with E-state index in [4.69, 9.17) is 6.57 Å². The van der Waals surface area contributed by atoms with Crippen LogP contribution in [-0.4, -0.2) is 4.40 Å². The zero-order valence-electron chi connectivity index (χ0n) is 15.4. The Morgan fingerprint density at radius 2 is 1.82 bits per heavy atom. The number of rotatable bonds is 0. The van der Waals surface area contributed by atoms with Crippen LogP contribution < -0.4 is 4.57 Å². The summed E-state index contributed by atoms with van der Waals surface area (Å²) in [5.74, 6) is -0.240. The first kappa shape index (κ1) is 15.4. The molecule has 132 valence electrons. The second kappa shape index (κ2) is 4.96. The minimum Gasteiger partial charge on any atom is -0.309 e. The van der Waals surface area contributed by atoms with Gasteiger partial charge in [-0.25, -0.2) is 13.8 Å². The van der Waals surface area contributed by atoms with Crippen LogP contribution in [0.1, 0.15) is 5.56 Å². The van der Waals surface area contributed by atoms with E-state index in [1.807, 2.05) is 24.4 Å². The van der Waals surface area contributed by atoms with Gasteiger partial charge in [-0.05, 0) is 48.2 Å². The third kappa shape index (κ3) is 1.69. The number of hydrogen-bond donors (Lipinski definition) is 0. The molecule has 0 saturated carbocycles. The number of nitrogens with zero attached hydrogens (tertiary/aromatic N) is 3. The molecule has 28 heavy (non-hydrogen) atoms. The number of hydrogen-bond acceptors (Lipinski definition) is 0. The van der Waals surface area contributed by atoms with Crippen LogP contribution in [-0.2, 0) is 7.05 Å². The molecule has 3 aromatic carbocycles. The smallest absolute Gasteiger partial charge is 0.224 e. The number of aromatic nitrogens is 2. The van der Waals surface area contributed by atoms with Crippen molar-refractivity contribution in [2.45, 2.75) is 6.92 Å². The Bertz CT molecular complexity index is 1650. The Morgan fingerprint density at radius 3 is 2.64 bits per heavy atom. The van der Waals surface area contributed by atoms with Crippen LogP contribution >= 0.6 is 0 Å². The van der Waals surface area contributed by atoms with E-state index in [0.29, 0.717) is 5.69 Å². The quantitative estimate of drug-likeness (QED) is 0.140. The number of pyridine rings is 2. The predicted octanol–water partition coefficient (Wildman–Crippen LogP) is 5.81. The standard InChI is InChI=1S/C24H15FN3/c1-13-4-6-17-18-11-15(25)5-7-19(18)28-20-12-16(26-2)10-14-8-9-27(3)24(22(14)20)21(13)23(17)28/h4-12H,1,3H3/q+1. The van der Waals surface area contributed by atoms with Crippen LogP contribution in [0.2, 0.25) is 0 Å². The van der Waals surface area contributed by atoms with Crippen molar-refractivity contribution in [3.63, 3.8) is 0 Å². The first-order valence-corrected chi connectivity index (χ1v) is 9.16. The van der Waals surface area contributed by atoms with Crippen LogP contribution in [0.3, 0.4) is 0 Å². The Hall–Kier alpha value is -3.71. The molecule has 0 N–H and O–H groups in total. The lowest BCUT2D eigenvalue weighted by atomic mass is 9.99. The van der Waals surface area contributed by atoms with Gasteiger partial charge in [0.15, 0.2) is 11.9 Å². The van der Waals surface area contributed by atoms with Crippen LogP contribution in [0.4, 0.5) is 10.1 Å². The van der Waals surface area contributed by atoms with Crippen LogP contribution in [0.5, 0.6) is 0 Å². The molecule has 3 aromatic heterocycles. The highest BCUT2D eigenvalue weighted by Crippen LogP contribution is 2.41. The Labute approximate surface area is 160 Å². The molecule has 3 heterocycles. The van der Waals surface area contributed by atoms with Crippen molar-refractivity contribution in [2.24, 2.45) is 7.05 Å². The summed E-state index contributed by atoms with van der Waals surface area (Å²) in [7, 11) is 2.05. The number of aryl methyl sites for hydroxylation is 2. The molecule has 0 aliphatic heterocycles. The summed E-state index contributed by atoms with van der Waals surface area (Å²) >= 11 is 0. The van der Waals surface area contributed by atoms with Crippen molar-refractivity contribution in [1.29, 1.82) is 0 Å². The zero-order chi connectivity index (χ0) is 19.2. The minimum atomic E-state index is -0.240. The SMILES string of the molecule is [C-]#[N+]c1cc2cc[n+](C)c3c4c(C)ccc5c6cc(F)ccc6n(c(c1)c23)c54. The van der Waals surface area contributed by atoms with Gasteiger partial charge in [-0.15, -0.1) is 0 Å². The fourth-order valence-corrected chi connectivity index (χ4v) is 4.74. The Morgan fingerprint density at radius 1 is 0.964 bits per heavy atom. The van der Waals surface area contributed by atoms with Gasteiger partial charge in [0.05, 0.1) is 33.9 Å². The van der Waals surface area contributed by atoms with Crippen molar-refractivity contribution in [2.75, 3.05) is 0 Å². The predicted molar refractivity (Wildman–Crippen MR) is 111 cm³/mol. The van der Waals surface area contributed by atoms with Crippen LogP contribution in [0.15, 0.2) is 54.7 Å². The van der Waals surface area contributed by atoms with E-state index in [-0.39, 0.29) is 5.82 Å².